The Kier molecular flexibility index (Phi) is 5.69. The Morgan fingerprint density at radius 3 is 2.50 bits per heavy atom. The molecule has 1 aromatic heterocycles. The van der Waals surface area contributed by atoms with Crippen LogP contribution in [0.1, 0.15) is 45.4 Å². The highest BCUT2D eigenvalue weighted by molar-refractivity contribution is 6.28. The first kappa shape index (κ1) is 18.5. The number of alkyl halides is 1. The van der Waals surface area contributed by atoms with Crippen LogP contribution in [0.15, 0.2) is 0 Å². The topological polar surface area (TPSA) is 89.3 Å². The number of anilines is 1. The Hall–Kier alpha value is -1.83. The fourth-order valence-corrected chi connectivity index (χ4v) is 2.56. The first-order valence-electron chi connectivity index (χ1n) is 7.94. The predicted molar refractivity (Wildman–Crippen MR) is 90.1 cm³/mol. The fourth-order valence-electron chi connectivity index (χ4n) is 2.49. The van der Waals surface area contributed by atoms with Gasteiger partial charge in [-0.05, 0) is 33.6 Å². The molecule has 0 spiro atoms. The third-order valence-corrected chi connectivity index (χ3v) is 3.91. The highest BCUT2D eigenvalue weighted by Gasteiger charge is 2.29. The van der Waals surface area contributed by atoms with Gasteiger partial charge in [-0.15, -0.1) is 11.6 Å². The van der Waals surface area contributed by atoms with Gasteiger partial charge in [0.15, 0.2) is 5.82 Å². The SMILES string of the molecule is Cn1nc(C2CCN(C(=O)OC(C)(C)C)CC2)nc1NC(=O)CCl. The van der Waals surface area contributed by atoms with Crippen molar-refractivity contribution in [3.63, 3.8) is 0 Å². The molecule has 0 bridgehead atoms. The van der Waals surface area contributed by atoms with Gasteiger partial charge in [-0.1, -0.05) is 0 Å². The van der Waals surface area contributed by atoms with E-state index in [0.717, 1.165) is 12.8 Å². The van der Waals surface area contributed by atoms with Gasteiger partial charge in [0.1, 0.15) is 11.5 Å². The van der Waals surface area contributed by atoms with Crippen LogP contribution < -0.4 is 5.32 Å². The van der Waals surface area contributed by atoms with Gasteiger partial charge in [0.2, 0.25) is 11.9 Å². The Bertz CT molecular complexity index is 603. The molecule has 1 N–H and O–H groups in total. The molecular weight excluding hydrogens is 334 g/mol. The molecule has 2 rings (SSSR count). The number of nitrogens with one attached hydrogen (secondary N) is 1. The smallest absolute Gasteiger partial charge is 0.410 e. The van der Waals surface area contributed by atoms with E-state index in [4.69, 9.17) is 16.3 Å². The largest absolute Gasteiger partial charge is 0.444 e. The van der Waals surface area contributed by atoms with Crippen molar-refractivity contribution in [3.8, 4) is 0 Å². The maximum Gasteiger partial charge on any atom is 0.410 e. The van der Waals surface area contributed by atoms with Gasteiger partial charge in [-0.25, -0.2) is 9.48 Å². The first-order valence-corrected chi connectivity index (χ1v) is 8.47. The Morgan fingerprint density at radius 1 is 1.33 bits per heavy atom. The molecular formula is C15H24ClN5O3. The molecule has 0 aromatic carbocycles. The number of likely N-dealkylation sites (tertiary alicyclic amines) is 1. The highest BCUT2D eigenvalue weighted by atomic mass is 35.5. The van der Waals surface area contributed by atoms with Gasteiger partial charge in [-0.3, -0.25) is 10.1 Å². The summed E-state index contributed by atoms with van der Waals surface area (Å²) in [7, 11) is 1.72. The molecule has 0 radical (unpaired) electrons. The maximum atomic E-state index is 12.1. The first-order chi connectivity index (χ1) is 11.2. The van der Waals surface area contributed by atoms with Crippen molar-refractivity contribution < 1.29 is 14.3 Å². The quantitative estimate of drug-likeness (QED) is 0.837. The zero-order chi connectivity index (χ0) is 17.9. The second-order valence-electron chi connectivity index (χ2n) is 6.84. The van der Waals surface area contributed by atoms with E-state index in [1.807, 2.05) is 20.8 Å². The summed E-state index contributed by atoms with van der Waals surface area (Å²) in [4.78, 5) is 29.5. The molecule has 8 nitrogen and oxygen atoms in total. The number of hydrogen-bond acceptors (Lipinski definition) is 5. The van der Waals surface area contributed by atoms with Gasteiger partial charge in [-0.2, -0.15) is 10.1 Å². The number of carbonyl (C=O) groups excluding carboxylic acids is 2. The average Bonchev–Trinajstić information content (AvgIpc) is 2.86. The molecule has 0 atom stereocenters. The molecule has 9 heteroatoms. The van der Waals surface area contributed by atoms with E-state index in [1.165, 1.54) is 4.68 Å². The molecule has 0 unspecified atom stereocenters. The number of amides is 2. The second kappa shape index (κ2) is 7.38. The predicted octanol–water partition coefficient (Wildman–Crippen LogP) is 2.11. The van der Waals surface area contributed by atoms with Crippen LogP contribution in [0.3, 0.4) is 0 Å². The van der Waals surface area contributed by atoms with Crippen molar-refractivity contribution in [2.45, 2.75) is 45.1 Å². The number of aryl methyl sites for hydroxylation is 1. The van der Waals surface area contributed by atoms with Gasteiger partial charge in [0.05, 0.1) is 0 Å². The maximum absolute atomic E-state index is 12.1. The Balaban J connectivity index is 1.94. The molecule has 24 heavy (non-hydrogen) atoms. The number of hydrogen-bond donors (Lipinski definition) is 1. The minimum atomic E-state index is -0.494. The van der Waals surface area contributed by atoms with E-state index in [9.17, 15) is 9.59 Å². The van der Waals surface area contributed by atoms with Gasteiger partial charge < -0.3 is 9.64 Å². The number of piperidine rings is 1. The zero-order valence-corrected chi connectivity index (χ0v) is 15.3. The normalized spacial score (nSPS) is 16.1. The van der Waals surface area contributed by atoms with Crippen LogP contribution in [0.4, 0.5) is 10.7 Å². The number of halogens is 1. The number of ether oxygens (including phenoxy) is 1. The van der Waals surface area contributed by atoms with Crippen LogP contribution in [-0.2, 0) is 16.6 Å². The molecule has 1 aromatic rings. The van der Waals surface area contributed by atoms with Crippen LogP contribution in [0.25, 0.3) is 0 Å². The van der Waals surface area contributed by atoms with E-state index in [2.05, 4.69) is 15.4 Å². The lowest BCUT2D eigenvalue weighted by Gasteiger charge is -2.32. The van der Waals surface area contributed by atoms with Crippen molar-refractivity contribution >= 4 is 29.5 Å². The molecule has 0 saturated carbocycles. The second-order valence-corrected chi connectivity index (χ2v) is 7.11. The summed E-state index contributed by atoms with van der Waals surface area (Å²) in [6, 6.07) is 0. The lowest BCUT2D eigenvalue weighted by atomic mass is 9.96. The highest BCUT2D eigenvalue weighted by Crippen LogP contribution is 2.27. The van der Waals surface area contributed by atoms with Gasteiger partial charge >= 0.3 is 6.09 Å². The number of nitrogens with zero attached hydrogens (tertiary/aromatic N) is 4. The molecule has 2 heterocycles. The minimum Gasteiger partial charge on any atom is -0.444 e. The Morgan fingerprint density at radius 2 is 1.96 bits per heavy atom. The average molecular weight is 358 g/mol. The third-order valence-electron chi connectivity index (χ3n) is 3.66. The number of carbonyl (C=O) groups is 2. The molecule has 2 amide bonds. The van der Waals surface area contributed by atoms with Crippen molar-refractivity contribution in [2.24, 2.45) is 7.05 Å². The van der Waals surface area contributed by atoms with Crippen LogP contribution in [0.2, 0.25) is 0 Å². The van der Waals surface area contributed by atoms with Crippen LogP contribution in [0, 0.1) is 0 Å². The van der Waals surface area contributed by atoms with Gasteiger partial charge in [0, 0.05) is 26.1 Å². The van der Waals surface area contributed by atoms with Crippen molar-refractivity contribution in [1.29, 1.82) is 0 Å². The summed E-state index contributed by atoms with van der Waals surface area (Å²) >= 11 is 5.48. The summed E-state index contributed by atoms with van der Waals surface area (Å²) in [6.45, 7) is 6.76. The van der Waals surface area contributed by atoms with E-state index in [1.54, 1.807) is 11.9 Å². The summed E-state index contributed by atoms with van der Waals surface area (Å²) in [5.41, 5.74) is -0.494. The van der Waals surface area contributed by atoms with Crippen molar-refractivity contribution in [1.82, 2.24) is 19.7 Å². The minimum absolute atomic E-state index is 0.129. The number of aromatic nitrogens is 3. The lowest BCUT2D eigenvalue weighted by Crippen LogP contribution is -2.41. The van der Waals surface area contributed by atoms with Crippen LogP contribution in [0.5, 0.6) is 0 Å². The molecule has 134 valence electrons. The van der Waals surface area contributed by atoms with E-state index >= 15 is 0 Å². The summed E-state index contributed by atoms with van der Waals surface area (Å²) < 4.78 is 6.92. The summed E-state index contributed by atoms with van der Waals surface area (Å²) in [5.74, 6) is 0.752. The van der Waals surface area contributed by atoms with E-state index < -0.39 is 5.60 Å². The van der Waals surface area contributed by atoms with Gasteiger partial charge in [0.25, 0.3) is 0 Å². The molecule has 1 aliphatic heterocycles. The Labute approximate surface area is 146 Å². The standard InChI is InChI=1S/C15H24ClN5O3/c1-15(2,3)24-14(23)21-7-5-10(6-8-21)12-18-13(20(4)19-12)17-11(22)9-16/h10H,5-9H2,1-4H3,(H,17,18,19,22). The molecule has 1 saturated heterocycles. The summed E-state index contributed by atoms with van der Waals surface area (Å²) in [5, 5.41) is 6.97. The van der Waals surface area contributed by atoms with Crippen molar-refractivity contribution in [3.05, 3.63) is 5.82 Å². The fraction of sp³-hybridized carbons (Fsp3) is 0.733. The lowest BCUT2D eigenvalue weighted by molar-refractivity contribution is -0.114. The van der Waals surface area contributed by atoms with E-state index in [0.29, 0.717) is 24.9 Å². The third kappa shape index (κ3) is 4.83. The van der Waals surface area contributed by atoms with E-state index in [-0.39, 0.29) is 23.8 Å². The zero-order valence-electron chi connectivity index (χ0n) is 14.5. The molecule has 1 fully saturated rings. The number of rotatable bonds is 3. The molecule has 1 aliphatic rings. The van der Waals surface area contributed by atoms with Crippen LogP contribution >= 0.6 is 11.6 Å². The molecule has 0 aliphatic carbocycles. The summed E-state index contributed by atoms with van der Waals surface area (Å²) in [6.07, 6.45) is 1.23. The monoisotopic (exact) mass is 357 g/mol. The van der Waals surface area contributed by atoms with Crippen molar-refractivity contribution in [2.75, 3.05) is 24.3 Å². The van der Waals surface area contributed by atoms with Crippen LogP contribution in [-0.4, -0.2) is 56.2 Å².